The minimum absolute atomic E-state index is 0. The molecule has 0 aliphatic rings. The molecule has 4 heavy (non-hydrogen) atoms. The van der Waals surface area contributed by atoms with Gasteiger partial charge in [0, 0.05) is 0 Å². The second kappa shape index (κ2) is 25.9. The van der Waals surface area contributed by atoms with Crippen molar-refractivity contribution in [3.63, 3.8) is 0 Å². The van der Waals surface area contributed by atoms with Crippen LogP contribution in [0.3, 0.4) is 0 Å². The third-order valence-electron chi connectivity index (χ3n) is 0. The van der Waals surface area contributed by atoms with Crippen molar-refractivity contribution in [2.75, 3.05) is 7.11 Å². The van der Waals surface area contributed by atoms with Crippen LogP contribution in [0.2, 0.25) is 0 Å². The fourth-order valence-electron chi connectivity index (χ4n) is 0. The zero-order chi connectivity index (χ0) is 2.00. The zero-order valence-corrected chi connectivity index (χ0v) is 6.04. The average Bonchev–Trinajstić information content (AvgIpc) is 1.00. The van der Waals surface area contributed by atoms with E-state index in [0.717, 1.165) is 7.11 Å². The van der Waals surface area contributed by atoms with E-state index in [1.165, 1.54) is 0 Å². The van der Waals surface area contributed by atoms with Crippen LogP contribution in [0.5, 0.6) is 0 Å². The Bertz CT molecular complexity index is 6.00. The van der Waals surface area contributed by atoms with Gasteiger partial charge in [-0.1, -0.05) is 0 Å². The topological polar surface area (TPSA) is 53.1 Å². The maximum absolute atomic E-state index is 8.25. The molecule has 0 atom stereocenters. The predicted molar refractivity (Wildman–Crippen MR) is 13.6 cm³/mol. The summed E-state index contributed by atoms with van der Waals surface area (Å²) in [5.41, 5.74) is 0. The Morgan fingerprint density at radius 3 is 1.25 bits per heavy atom. The van der Waals surface area contributed by atoms with Crippen molar-refractivity contribution < 1.29 is 10.6 Å². The smallest absolute Gasteiger partial charge is 0.870 e. The van der Waals surface area contributed by atoms with E-state index >= 15 is 0 Å². The summed E-state index contributed by atoms with van der Waals surface area (Å²) in [4.78, 5) is 0. The minimum Gasteiger partial charge on any atom is -0.870 e. The van der Waals surface area contributed by atoms with Crippen LogP contribution in [0.4, 0.5) is 0 Å². The van der Waals surface area contributed by atoms with Crippen molar-refractivity contribution in [3.05, 3.63) is 0 Å². The average molecular weight is 136 g/mol. The molecule has 0 aromatic carbocycles. The normalized spacial score (nSPS) is 1.50. The van der Waals surface area contributed by atoms with Gasteiger partial charge in [0.1, 0.15) is 0 Å². The van der Waals surface area contributed by atoms with Gasteiger partial charge in [-0.25, -0.2) is 0 Å². The molecule has 0 aliphatic heterocycles. The second-order valence-corrected chi connectivity index (χ2v) is 0. The van der Waals surface area contributed by atoms with Gasteiger partial charge in [-0.05, 0) is 0 Å². The molecule has 0 unspecified atom stereocenters. The van der Waals surface area contributed by atoms with E-state index in [1.54, 1.807) is 0 Å². The van der Waals surface area contributed by atoms with E-state index in [2.05, 4.69) is 0 Å². The Morgan fingerprint density at radius 1 is 1.25 bits per heavy atom. The molecule has 0 saturated carbocycles. The van der Waals surface area contributed by atoms with Crippen LogP contribution in [-0.2, 0) is 0 Å². The molecule has 3 heteroatoms. The molecule has 0 rings (SSSR count). The van der Waals surface area contributed by atoms with Crippen molar-refractivity contribution in [1.29, 1.82) is 0 Å². The number of hydrogen-bond donors (Lipinski definition) is 0. The first kappa shape index (κ1) is 18.1. The van der Waals surface area contributed by atoms with Crippen molar-refractivity contribution in [1.82, 2.24) is 0 Å². The van der Waals surface area contributed by atoms with Crippen LogP contribution >= 0.6 is 0 Å². The molecule has 1 N–H and O–H groups in total. The van der Waals surface area contributed by atoms with Gasteiger partial charge in [0.15, 0.2) is 0 Å². The van der Waals surface area contributed by atoms with Crippen LogP contribution in [0.15, 0.2) is 0 Å². The van der Waals surface area contributed by atoms with E-state index in [4.69, 9.17) is 5.11 Å². The predicted octanol–water partition coefficient (Wildman–Crippen LogP) is -1.58. The first-order valence-corrected chi connectivity index (χ1v) is 0.408. The summed E-state index contributed by atoms with van der Waals surface area (Å²) in [7, 11) is 0.750. The first-order chi connectivity index (χ1) is 1.00. The molecule has 0 radical (unpaired) electrons. The standard InChI is InChI=1S/CH3O.H2O.Sr/c1-2;;/h1H3;1H2;/q-1;;+2/p-1. The fourth-order valence-corrected chi connectivity index (χ4v) is 0. The van der Waals surface area contributed by atoms with Gasteiger partial charge in [-0.2, -0.15) is 7.11 Å². The molecular formula is CH4O2Sr. The molecule has 0 spiro atoms. The Morgan fingerprint density at radius 2 is 1.25 bits per heavy atom. The van der Waals surface area contributed by atoms with Crippen LogP contribution in [0, 0.1) is 0 Å². The maximum atomic E-state index is 8.25. The molecule has 0 bridgehead atoms. The third kappa shape index (κ3) is 9.99. The molecule has 0 heterocycles. The zero-order valence-electron chi connectivity index (χ0n) is 2.56. The Balaban J connectivity index is -0.00000000500. The maximum Gasteiger partial charge on any atom is 2.00 e. The molecular weight excluding hydrogens is 132 g/mol. The van der Waals surface area contributed by atoms with Crippen molar-refractivity contribution in [2.24, 2.45) is 0 Å². The van der Waals surface area contributed by atoms with Gasteiger partial charge < -0.3 is 10.6 Å². The molecule has 0 amide bonds. The molecule has 0 aromatic rings. The van der Waals surface area contributed by atoms with Crippen LogP contribution in [0.1, 0.15) is 0 Å². The number of rotatable bonds is 0. The van der Waals surface area contributed by atoms with Gasteiger partial charge in [-0.15, -0.1) is 0 Å². The van der Waals surface area contributed by atoms with Gasteiger partial charge in [0.2, 0.25) is 0 Å². The van der Waals surface area contributed by atoms with E-state index in [1.807, 2.05) is 0 Å². The van der Waals surface area contributed by atoms with Crippen molar-refractivity contribution >= 4 is 45.5 Å². The summed E-state index contributed by atoms with van der Waals surface area (Å²) in [5, 5.41) is 8.25. The largest absolute Gasteiger partial charge is 2.00 e. The van der Waals surface area contributed by atoms with Crippen LogP contribution < -0.4 is 5.11 Å². The number of hydrogen-bond acceptors (Lipinski definition) is 2. The van der Waals surface area contributed by atoms with E-state index < -0.39 is 0 Å². The van der Waals surface area contributed by atoms with Gasteiger partial charge >= 0.3 is 45.5 Å². The van der Waals surface area contributed by atoms with Crippen LogP contribution in [0.25, 0.3) is 0 Å². The third-order valence-corrected chi connectivity index (χ3v) is 0. The molecule has 0 fully saturated rings. The van der Waals surface area contributed by atoms with Crippen molar-refractivity contribution in [2.45, 2.75) is 0 Å². The summed E-state index contributed by atoms with van der Waals surface area (Å²) in [5.74, 6) is 0. The summed E-state index contributed by atoms with van der Waals surface area (Å²) in [6.45, 7) is 0. The molecule has 0 aromatic heterocycles. The Hall–Kier alpha value is 1.40. The summed E-state index contributed by atoms with van der Waals surface area (Å²) < 4.78 is 0. The quantitative estimate of drug-likeness (QED) is 0.377. The van der Waals surface area contributed by atoms with E-state index in [0.29, 0.717) is 0 Å². The molecule has 0 aliphatic carbocycles. The Kier molecular flexibility index (Phi) is 118. The minimum atomic E-state index is 0. The fraction of sp³-hybridized carbons (Fsp3) is 1.00. The van der Waals surface area contributed by atoms with Crippen molar-refractivity contribution in [3.8, 4) is 0 Å². The summed E-state index contributed by atoms with van der Waals surface area (Å²) >= 11 is 0. The van der Waals surface area contributed by atoms with Gasteiger partial charge in [0.05, 0.1) is 0 Å². The van der Waals surface area contributed by atoms with E-state index in [9.17, 15) is 0 Å². The molecule has 22 valence electrons. The first-order valence-electron chi connectivity index (χ1n) is 0.408. The van der Waals surface area contributed by atoms with Crippen LogP contribution in [-0.4, -0.2) is 58.1 Å². The summed E-state index contributed by atoms with van der Waals surface area (Å²) in [6, 6.07) is 0. The van der Waals surface area contributed by atoms with E-state index in [-0.39, 0.29) is 51.0 Å². The molecule has 2 nitrogen and oxygen atoms in total. The SMILES string of the molecule is C[O-].[OH-].[Sr+2]. The van der Waals surface area contributed by atoms with Gasteiger partial charge in [-0.3, -0.25) is 0 Å². The summed E-state index contributed by atoms with van der Waals surface area (Å²) in [6.07, 6.45) is 0. The monoisotopic (exact) mass is 136 g/mol. The second-order valence-electron chi connectivity index (χ2n) is 0. The van der Waals surface area contributed by atoms with Gasteiger partial charge in [0.25, 0.3) is 0 Å². The molecule has 0 saturated heterocycles. The Labute approximate surface area is 62.4 Å².